The van der Waals surface area contributed by atoms with Crippen molar-refractivity contribution in [1.82, 2.24) is 24.0 Å². The van der Waals surface area contributed by atoms with Crippen molar-refractivity contribution in [3.05, 3.63) is 45.8 Å². The van der Waals surface area contributed by atoms with Crippen LogP contribution in [-0.2, 0) is 24.2 Å². The molecular weight excluding hydrogens is 386 g/mol. The Balaban J connectivity index is 1.24. The average molecular weight is 412 g/mol. The molecule has 0 bridgehead atoms. The molecule has 3 aromatic rings. The van der Waals surface area contributed by atoms with Crippen molar-refractivity contribution in [2.75, 3.05) is 13.1 Å². The summed E-state index contributed by atoms with van der Waals surface area (Å²) < 4.78 is 3.75. The van der Waals surface area contributed by atoms with Crippen molar-refractivity contribution in [1.29, 1.82) is 0 Å². The molecule has 0 unspecified atom stereocenters. The predicted molar refractivity (Wildman–Crippen MR) is 112 cm³/mol. The van der Waals surface area contributed by atoms with Crippen LogP contribution in [0.4, 0.5) is 0 Å². The number of hydrogen-bond donors (Lipinski definition) is 0. The van der Waals surface area contributed by atoms with Gasteiger partial charge in [-0.05, 0) is 44.1 Å². The molecule has 0 atom stereocenters. The van der Waals surface area contributed by atoms with Crippen LogP contribution < -0.4 is 5.56 Å². The summed E-state index contributed by atoms with van der Waals surface area (Å²) in [4.78, 5) is 38.5. The molecule has 8 heteroatoms. The van der Waals surface area contributed by atoms with Crippen LogP contribution in [0.1, 0.15) is 48.6 Å². The lowest BCUT2D eigenvalue weighted by molar-refractivity contribution is -0.132. The molecule has 7 nitrogen and oxygen atoms in total. The van der Waals surface area contributed by atoms with E-state index in [2.05, 4.69) is 14.5 Å². The van der Waals surface area contributed by atoms with Gasteiger partial charge in [0.1, 0.15) is 4.83 Å². The minimum atomic E-state index is 0.0148. The van der Waals surface area contributed by atoms with Crippen LogP contribution in [0.25, 0.3) is 10.2 Å². The average Bonchev–Trinajstić information content (AvgIpc) is 3.41. The van der Waals surface area contributed by atoms with E-state index >= 15 is 0 Å². The zero-order valence-corrected chi connectivity index (χ0v) is 17.2. The second-order valence-electron chi connectivity index (χ2n) is 8.01. The fourth-order valence-corrected chi connectivity index (χ4v) is 5.83. The monoisotopic (exact) mass is 411 g/mol. The van der Waals surface area contributed by atoms with Gasteiger partial charge >= 0.3 is 0 Å². The van der Waals surface area contributed by atoms with Crippen LogP contribution in [0.5, 0.6) is 0 Å². The number of aryl methyl sites for hydroxylation is 3. The molecule has 5 rings (SSSR count). The second kappa shape index (κ2) is 7.74. The molecule has 4 heterocycles. The highest BCUT2D eigenvalue weighted by atomic mass is 32.1. The van der Waals surface area contributed by atoms with E-state index in [9.17, 15) is 9.59 Å². The van der Waals surface area contributed by atoms with E-state index < -0.39 is 0 Å². The first-order valence-corrected chi connectivity index (χ1v) is 11.3. The van der Waals surface area contributed by atoms with E-state index in [4.69, 9.17) is 0 Å². The number of amides is 1. The number of likely N-dealkylation sites (tertiary alicyclic amines) is 1. The van der Waals surface area contributed by atoms with Gasteiger partial charge in [-0.15, -0.1) is 11.3 Å². The summed E-state index contributed by atoms with van der Waals surface area (Å²) >= 11 is 1.66. The molecule has 0 radical (unpaired) electrons. The molecule has 1 saturated heterocycles. The lowest BCUT2D eigenvalue weighted by Crippen LogP contribution is -2.39. The number of fused-ring (bicyclic) bond motifs is 3. The lowest BCUT2D eigenvalue weighted by Gasteiger charge is -2.32. The molecule has 1 aliphatic carbocycles. The predicted octanol–water partition coefficient (Wildman–Crippen LogP) is 2.79. The molecule has 2 aliphatic rings. The van der Waals surface area contributed by atoms with E-state index in [1.54, 1.807) is 28.4 Å². The number of aromatic nitrogens is 4. The Bertz CT molecular complexity index is 1080. The Morgan fingerprint density at radius 3 is 2.79 bits per heavy atom. The van der Waals surface area contributed by atoms with E-state index in [0.717, 1.165) is 55.4 Å². The molecule has 3 aromatic heterocycles. The zero-order chi connectivity index (χ0) is 19.8. The first-order valence-electron chi connectivity index (χ1n) is 10.5. The Kier molecular flexibility index (Phi) is 4.95. The standard InChI is InChI=1S/C21H25N5O2S/c27-18(24-9-5-15(6-10-24)25-12-8-22-13-25)7-11-26-14-23-20-19(21(26)28)16-3-1-2-4-17(16)29-20/h8,12-15H,1-7,9-11H2. The molecule has 29 heavy (non-hydrogen) atoms. The lowest BCUT2D eigenvalue weighted by atomic mass is 9.97. The number of nitrogens with zero attached hydrogens (tertiary/aromatic N) is 5. The number of imidazole rings is 1. The van der Waals surface area contributed by atoms with E-state index in [0.29, 0.717) is 19.0 Å². The van der Waals surface area contributed by atoms with Crippen LogP contribution in [0.2, 0.25) is 0 Å². The summed E-state index contributed by atoms with van der Waals surface area (Å²) in [5.41, 5.74) is 1.22. The number of hydrogen-bond acceptors (Lipinski definition) is 5. The highest BCUT2D eigenvalue weighted by Gasteiger charge is 2.24. The molecule has 1 aliphatic heterocycles. The maximum absolute atomic E-state index is 13.0. The summed E-state index contributed by atoms with van der Waals surface area (Å²) in [6, 6.07) is 0.417. The molecule has 0 aromatic carbocycles. The summed E-state index contributed by atoms with van der Waals surface area (Å²) in [6.07, 6.45) is 13.8. The summed E-state index contributed by atoms with van der Waals surface area (Å²) in [5, 5.41) is 0.792. The van der Waals surface area contributed by atoms with Crippen molar-refractivity contribution >= 4 is 27.5 Å². The number of thiophene rings is 1. The number of carbonyl (C=O) groups excluding carboxylic acids is 1. The molecule has 1 fully saturated rings. The van der Waals surface area contributed by atoms with Gasteiger partial charge in [-0.3, -0.25) is 14.2 Å². The highest BCUT2D eigenvalue weighted by Crippen LogP contribution is 2.33. The summed E-state index contributed by atoms with van der Waals surface area (Å²) in [7, 11) is 0. The number of piperidine rings is 1. The Labute approximate surface area is 173 Å². The van der Waals surface area contributed by atoms with Gasteiger partial charge in [0.2, 0.25) is 5.91 Å². The van der Waals surface area contributed by atoms with Crippen LogP contribution in [0, 0.1) is 0 Å². The van der Waals surface area contributed by atoms with E-state index in [-0.39, 0.29) is 11.5 Å². The molecule has 0 spiro atoms. The third kappa shape index (κ3) is 3.50. The normalized spacial score (nSPS) is 17.6. The Morgan fingerprint density at radius 1 is 1.17 bits per heavy atom. The molecule has 1 amide bonds. The smallest absolute Gasteiger partial charge is 0.262 e. The van der Waals surface area contributed by atoms with Crippen molar-refractivity contribution in [3.8, 4) is 0 Å². The van der Waals surface area contributed by atoms with Gasteiger partial charge in [-0.2, -0.15) is 0 Å². The zero-order valence-electron chi connectivity index (χ0n) is 16.4. The Morgan fingerprint density at radius 2 is 2.00 bits per heavy atom. The van der Waals surface area contributed by atoms with Gasteiger partial charge in [-0.25, -0.2) is 9.97 Å². The van der Waals surface area contributed by atoms with Gasteiger partial charge in [0, 0.05) is 49.4 Å². The molecule has 0 saturated carbocycles. The quantitative estimate of drug-likeness (QED) is 0.662. The van der Waals surface area contributed by atoms with Crippen molar-refractivity contribution in [2.45, 2.75) is 57.5 Å². The van der Waals surface area contributed by atoms with Gasteiger partial charge in [-0.1, -0.05) is 0 Å². The molecule has 152 valence electrons. The van der Waals surface area contributed by atoms with Gasteiger partial charge in [0.05, 0.1) is 18.0 Å². The topological polar surface area (TPSA) is 73.0 Å². The fourth-order valence-electron chi connectivity index (χ4n) is 4.61. The van der Waals surface area contributed by atoms with E-state index in [1.165, 1.54) is 16.9 Å². The van der Waals surface area contributed by atoms with Gasteiger partial charge in [0.15, 0.2) is 0 Å². The molecular formula is C21H25N5O2S. The van der Waals surface area contributed by atoms with Crippen LogP contribution in [0.3, 0.4) is 0 Å². The third-order valence-corrected chi connectivity index (χ3v) is 7.47. The van der Waals surface area contributed by atoms with Crippen LogP contribution in [-0.4, -0.2) is 43.0 Å². The first kappa shape index (κ1) is 18.5. The Hall–Kier alpha value is -2.48. The largest absolute Gasteiger partial charge is 0.342 e. The van der Waals surface area contributed by atoms with Gasteiger partial charge < -0.3 is 9.47 Å². The maximum atomic E-state index is 13.0. The SMILES string of the molecule is O=C(CCn1cnc2sc3c(c2c1=O)CCCC3)N1CCC(n2ccnc2)CC1. The summed E-state index contributed by atoms with van der Waals surface area (Å²) in [6.45, 7) is 1.91. The van der Waals surface area contributed by atoms with Gasteiger partial charge in [0.25, 0.3) is 5.56 Å². The highest BCUT2D eigenvalue weighted by molar-refractivity contribution is 7.18. The third-order valence-electron chi connectivity index (χ3n) is 6.27. The summed E-state index contributed by atoms with van der Waals surface area (Å²) in [5.74, 6) is 0.119. The first-order chi connectivity index (χ1) is 14.2. The number of carbonyl (C=O) groups is 1. The van der Waals surface area contributed by atoms with Crippen molar-refractivity contribution in [2.24, 2.45) is 0 Å². The van der Waals surface area contributed by atoms with Crippen LogP contribution >= 0.6 is 11.3 Å². The number of rotatable bonds is 4. The minimum Gasteiger partial charge on any atom is -0.342 e. The van der Waals surface area contributed by atoms with Crippen molar-refractivity contribution < 1.29 is 4.79 Å². The maximum Gasteiger partial charge on any atom is 0.262 e. The van der Waals surface area contributed by atoms with Crippen molar-refractivity contribution in [3.63, 3.8) is 0 Å². The van der Waals surface area contributed by atoms with Crippen LogP contribution in [0.15, 0.2) is 29.8 Å². The minimum absolute atomic E-state index is 0.0148. The molecule has 0 N–H and O–H groups in total. The fraction of sp³-hybridized carbons (Fsp3) is 0.524. The second-order valence-corrected chi connectivity index (χ2v) is 9.09. The van der Waals surface area contributed by atoms with E-state index in [1.807, 2.05) is 17.4 Å².